The van der Waals surface area contributed by atoms with E-state index in [0.29, 0.717) is 16.8 Å². The van der Waals surface area contributed by atoms with Crippen LogP contribution in [0.3, 0.4) is 0 Å². The number of alkyl halides is 3. The van der Waals surface area contributed by atoms with Crippen molar-refractivity contribution in [3.05, 3.63) is 52.3 Å². The third kappa shape index (κ3) is 2.52. The molecule has 0 fully saturated rings. The summed E-state index contributed by atoms with van der Waals surface area (Å²) >= 11 is 0. The Morgan fingerprint density at radius 1 is 1.25 bits per heavy atom. The van der Waals surface area contributed by atoms with E-state index in [1.807, 2.05) is 6.07 Å². The second-order valence-electron chi connectivity index (χ2n) is 4.48. The quantitative estimate of drug-likeness (QED) is 0.845. The van der Waals surface area contributed by atoms with Crippen molar-refractivity contribution >= 4 is 0 Å². The lowest BCUT2D eigenvalue weighted by Crippen LogP contribution is -2.10. The summed E-state index contributed by atoms with van der Waals surface area (Å²) in [7, 11) is 0. The number of halogens is 3. The van der Waals surface area contributed by atoms with E-state index in [0.717, 1.165) is 0 Å². The van der Waals surface area contributed by atoms with Gasteiger partial charge in [0.25, 0.3) is 0 Å². The molecule has 0 aliphatic carbocycles. The Kier molecular flexibility index (Phi) is 3.53. The van der Waals surface area contributed by atoms with Crippen molar-refractivity contribution in [1.29, 1.82) is 5.26 Å². The van der Waals surface area contributed by atoms with Crippen LogP contribution in [0.25, 0.3) is 0 Å². The number of aromatic nitrogens is 2. The van der Waals surface area contributed by atoms with E-state index >= 15 is 0 Å². The summed E-state index contributed by atoms with van der Waals surface area (Å²) in [6.07, 6.45) is -4.46. The fourth-order valence-corrected chi connectivity index (χ4v) is 1.99. The minimum atomic E-state index is -4.46. The minimum Gasteiger partial charge on any atom is -0.265 e. The number of rotatable bonds is 2. The molecule has 0 saturated carbocycles. The maximum atomic E-state index is 12.8. The smallest absolute Gasteiger partial charge is 0.265 e. The first-order chi connectivity index (χ1) is 9.34. The number of hydrogen-bond acceptors (Lipinski definition) is 2. The Hall–Kier alpha value is -2.29. The van der Waals surface area contributed by atoms with Gasteiger partial charge in [0.05, 0.1) is 18.2 Å². The van der Waals surface area contributed by atoms with Gasteiger partial charge in [-0.3, -0.25) is 4.68 Å². The molecule has 104 valence electrons. The lowest BCUT2D eigenvalue weighted by Gasteiger charge is -2.06. The summed E-state index contributed by atoms with van der Waals surface area (Å²) in [5.74, 6) is 0. The van der Waals surface area contributed by atoms with Gasteiger partial charge >= 0.3 is 6.18 Å². The van der Waals surface area contributed by atoms with Crippen LogP contribution < -0.4 is 0 Å². The largest absolute Gasteiger partial charge is 0.435 e. The van der Waals surface area contributed by atoms with Crippen molar-refractivity contribution in [3.63, 3.8) is 0 Å². The molecule has 0 N–H and O–H groups in total. The van der Waals surface area contributed by atoms with E-state index in [2.05, 4.69) is 5.10 Å². The second kappa shape index (κ2) is 5.00. The van der Waals surface area contributed by atoms with E-state index in [9.17, 15) is 13.2 Å². The molecule has 0 bridgehead atoms. The van der Waals surface area contributed by atoms with Gasteiger partial charge in [-0.15, -0.1) is 0 Å². The molecule has 3 nitrogen and oxygen atoms in total. The van der Waals surface area contributed by atoms with E-state index in [-0.39, 0.29) is 12.1 Å². The first-order valence-corrected chi connectivity index (χ1v) is 5.93. The number of hydrogen-bond donors (Lipinski definition) is 0. The van der Waals surface area contributed by atoms with Crippen LogP contribution in [-0.2, 0) is 12.7 Å². The molecule has 0 amide bonds. The third-order valence-electron chi connectivity index (χ3n) is 3.23. The standard InChI is InChI=1S/C14H12F3N3/c1-9-10(2)20(19-13(9)14(15,16)17)8-12-6-4-3-5-11(12)7-18/h3-6H,8H2,1-2H3. The summed E-state index contributed by atoms with van der Waals surface area (Å²) in [5.41, 5.74) is 0.782. The van der Waals surface area contributed by atoms with Gasteiger partial charge < -0.3 is 0 Å². The molecule has 1 aromatic heterocycles. The van der Waals surface area contributed by atoms with Gasteiger partial charge in [0.1, 0.15) is 0 Å². The normalized spacial score (nSPS) is 11.4. The monoisotopic (exact) mass is 279 g/mol. The highest BCUT2D eigenvalue weighted by atomic mass is 19.4. The van der Waals surface area contributed by atoms with Gasteiger partial charge in [-0.1, -0.05) is 18.2 Å². The highest BCUT2D eigenvalue weighted by Gasteiger charge is 2.37. The molecule has 0 aliphatic heterocycles. The SMILES string of the molecule is Cc1c(C(F)(F)F)nn(Cc2ccccc2C#N)c1C. The molecule has 2 rings (SSSR count). The topological polar surface area (TPSA) is 41.6 Å². The molecule has 6 heteroatoms. The first kappa shape index (κ1) is 14.1. The average molecular weight is 279 g/mol. The summed E-state index contributed by atoms with van der Waals surface area (Å²) < 4.78 is 39.7. The minimum absolute atomic E-state index is 0.118. The van der Waals surface area contributed by atoms with Crippen molar-refractivity contribution in [2.45, 2.75) is 26.6 Å². The maximum Gasteiger partial charge on any atom is 0.435 e. The molecule has 0 saturated heterocycles. The summed E-state index contributed by atoms with van der Waals surface area (Å²) in [6, 6.07) is 8.82. The van der Waals surface area contributed by atoms with Crippen molar-refractivity contribution < 1.29 is 13.2 Å². The molecule has 1 heterocycles. The molecule has 0 spiro atoms. The summed E-state index contributed by atoms with van der Waals surface area (Å²) in [4.78, 5) is 0. The van der Waals surface area contributed by atoms with Crippen molar-refractivity contribution in [1.82, 2.24) is 9.78 Å². The van der Waals surface area contributed by atoms with Crippen molar-refractivity contribution in [3.8, 4) is 6.07 Å². The average Bonchev–Trinajstić information content (AvgIpc) is 2.67. The zero-order valence-electron chi connectivity index (χ0n) is 11.0. The zero-order valence-corrected chi connectivity index (χ0v) is 11.0. The Labute approximate surface area is 114 Å². The lowest BCUT2D eigenvalue weighted by molar-refractivity contribution is -0.141. The molecule has 1 aromatic carbocycles. The Morgan fingerprint density at radius 2 is 1.90 bits per heavy atom. The van der Waals surface area contributed by atoms with Crippen LogP contribution in [-0.4, -0.2) is 9.78 Å². The van der Waals surface area contributed by atoms with Crippen LogP contribution in [0, 0.1) is 25.2 Å². The zero-order chi connectivity index (χ0) is 14.9. The summed E-state index contributed by atoms with van der Waals surface area (Å²) in [5, 5.41) is 12.6. The Bertz CT molecular complexity index is 678. The predicted octanol–water partition coefficient (Wildman–Crippen LogP) is 3.44. The molecule has 0 aliphatic rings. The van der Waals surface area contributed by atoms with Crippen LogP contribution in [0.5, 0.6) is 0 Å². The molecule has 2 aromatic rings. The molecule has 0 unspecified atom stereocenters. The van der Waals surface area contributed by atoms with Gasteiger partial charge in [0.2, 0.25) is 0 Å². The van der Waals surface area contributed by atoms with E-state index in [1.54, 1.807) is 31.2 Å². The van der Waals surface area contributed by atoms with Crippen molar-refractivity contribution in [2.24, 2.45) is 0 Å². The van der Waals surface area contributed by atoms with Crippen LogP contribution in [0.4, 0.5) is 13.2 Å². The third-order valence-corrected chi connectivity index (χ3v) is 3.23. The van der Waals surface area contributed by atoms with Gasteiger partial charge in [-0.05, 0) is 25.5 Å². The van der Waals surface area contributed by atoms with E-state index < -0.39 is 11.9 Å². The fourth-order valence-electron chi connectivity index (χ4n) is 1.99. The summed E-state index contributed by atoms with van der Waals surface area (Å²) in [6.45, 7) is 3.14. The van der Waals surface area contributed by atoms with Gasteiger partial charge in [0, 0.05) is 11.3 Å². The number of benzene rings is 1. The highest BCUT2D eigenvalue weighted by Crippen LogP contribution is 2.32. The Morgan fingerprint density at radius 3 is 2.45 bits per heavy atom. The van der Waals surface area contributed by atoms with Crippen LogP contribution in [0.1, 0.15) is 28.1 Å². The number of nitriles is 1. The van der Waals surface area contributed by atoms with Gasteiger partial charge in [-0.25, -0.2) is 0 Å². The van der Waals surface area contributed by atoms with E-state index in [4.69, 9.17) is 5.26 Å². The molecule has 0 atom stereocenters. The van der Waals surface area contributed by atoms with Crippen molar-refractivity contribution in [2.75, 3.05) is 0 Å². The van der Waals surface area contributed by atoms with Gasteiger partial charge in [0.15, 0.2) is 5.69 Å². The Balaban J connectivity index is 2.43. The van der Waals surface area contributed by atoms with Crippen LogP contribution in [0.2, 0.25) is 0 Å². The predicted molar refractivity (Wildman–Crippen MR) is 67.0 cm³/mol. The van der Waals surface area contributed by atoms with Crippen LogP contribution >= 0.6 is 0 Å². The highest BCUT2D eigenvalue weighted by molar-refractivity contribution is 5.38. The number of nitrogens with zero attached hydrogens (tertiary/aromatic N) is 3. The molecular weight excluding hydrogens is 267 g/mol. The second-order valence-corrected chi connectivity index (χ2v) is 4.48. The first-order valence-electron chi connectivity index (χ1n) is 5.93. The van der Waals surface area contributed by atoms with Gasteiger partial charge in [-0.2, -0.15) is 23.5 Å². The molecule has 0 radical (unpaired) electrons. The van der Waals surface area contributed by atoms with E-state index in [1.165, 1.54) is 11.6 Å². The fraction of sp³-hybridized carbons (Fsp3) is 0.286. The van der Waals surface area contributed by atoms with Crippen LogP contribution in [0.15, 0.2) is 24.3 Å². The molecular formula is C14H12F3N3. The maximum absolute atomic E-state index is 12.8. The lowest BCUT2D eigenvalue weighted by atomic mass is 10.1. The molecule has 20 heavy (non-hydrogen) atoms.